The maximum atomic E-state index is 5.46. The summed E-state index contributed by atoms with van der Waals surface area (Å²) in [5.74, 6) is 1.05. The molecule has 0 aliphatic carbocycles. The van der Waals surface area contributed by atoms with Crippen molar-refractivity contribution in [3.63, 3.8) is 0 Å². The molecular weight excluding hydrogens is 220 g/mol. The number of aromatic nitrogens is 2. The fraction of sp³-hybridized carbons (Fsp3) is 0.636. The Bertz CT molecular complexity index is 309. The number of anilines is 2. The van der Waals surface area contributed by atoms with Gasteiger partial charge in [0.25, 0.3) is 0 Å². The van der Waals surface area contributed by atoms with E-state index in [0.29, 0.717) is 13.2 Å². The maximum absolute atomic E-state index is 5.46. The molecule has 3 N–H and O–H groups in total. The van der Waals surface area contributed by atoms with E-state index in [1.807, 2.05) is 0 Å². The number of hydrogen-bond acceptors (Lipinski definition) is 6. The van der Waals surface area contributed by atoms with Crippen molar-refractivity contribution >= 4 is 11.8 Å². The van der Waals surface area contributed by atoms with Gasteiger partial charge < -0.3 is 20.5 Å². The molecule has 96 valence electrons. The first-order valence-corrected chi connectivity index (χ1v) is 5.72. The molecule has 0 atom stereocenters. The van der Waals surface area contributed by atoms with Crippen LogP contribution in [0.2, 0.25) is 0 Å². The second-order valence-electron chi connectivity index (χ2n) is 3.54. The molecular formula is C11H20N4O2. The molecule has 0 unspecified atom stereocenters. The van der Waals surface area contributed by atoms with Crippen molar-refractivity contribution in [2.75, 3.05) is 44.5 Å². The van der Waals surface area contributed by atoms with Gasteiger partial charge in [0.15, 0.2) is 0 Å². The lowest BCUT2D eigenvalue weighted by Gasteiger charge is -2.06. The normalized spacial score (nSPS) is 10.4. The molecule has 0 saturated heterocycles. The van der Waals surface area contributed by atoms with Crippen LogP contribution in [0.1, 0.15) is 12.8 Å². The van der Waals surface area contributed by atoms with E-state index in [0.717, 1.165) is 31.8 Å². The van der Waals surface area contributed by atoms with E-state index in [9.17, 15) is 0 Å². The van der Waals surface area contributed by atoms with Crippen LogP contribution in [-0.2, 0) is 9.47 Å². The summed E-state index contributed by atoms with van der Waals surface area (Å²) in [6.07, 6.45) is 3.67. The molecule has 6 heteroatoms. The number of nitrogens with two attached hydrogens (primary N) is 1. The fourth-order valence-corrected chi connectivity index (χ4v) is 1.26. The van der Waals surface area contributed by atoms with Gasteiger partial charge >= 0.3 is 0 Å². The first kappa shape index (κ1) is 13.7. The molecule has 0 aromatic carbocycles. The van der Waals surface area contributed by atoms with Gasteiger partial charge in [-0.3, -0.25) is 0 Å². The van der Waals surface area contributed by atoms with Crippen LogP contribution in [0.5, 0.6) is 0 Å². The SMILES string of the molecule is COCCOCCCCNc1ccnc(N)n1. The predicted octanol–water partition coefficient (Wildman–Crippen LogP) is 0.914. The number of nitrogens with zero attached hydrogens (tertiary/aromatic N) is 2. The highest BCUT2D eigenvalue weighted by Crippen LogP contribution is 2.02. The summed E-state index contributed by atoms with van der Waals surface area (Å²) in [5.41, 5.74) is 5.46. The third-order valence-electron chi connectivity index (χ3n) is 2.13. The van der Waals surface area contributed by atoms with E-state index in [4.69, 9.17) is 15.2 Å². The first-order chi connectivity index (χ1) is 8.33. The molecule has 17 heavy (non-hydrogen) atoms. The predicted molar refractivity (Wildman–Crippen MR) is 66.9 cm³/mol. The van der Waals surface area contributed by atoms with Gasteiger partial charge in [0, 0.05) is 26.5 Å². The lowest BCUT2D eigenvalue weighted by Crippen LogP contribution is -2.07. The van der Waals surface area contributed by atoms with Crippen LogP contribution in [0.4, 0.5) is 11.8 Å². The Hall–Kier alpha value is -1.40. The van der Waals surface area contributed by atoms with E-state index in [2.05, 4.69) is 15.3 Å². The van der Waals surface area contributed by atoms with Gasteiger partial charge in [0.05, 0.1) is 13.2 Å². The van der Waals surface area contributed by atoms with E-state index < -0.39 is 0 Å². The molecule has 0 aliphatic rings. The average Bonchev–Trinajstić information content (AvgIpc) is 2.33. The number of methoxy groups -OCH3 is 1. The highest BCUT2D eigenvalue weighted by atomic mass is 16.5. The summed E-state index contributed by atoms with van der Waals surface area (Å²) in [6.45, 7) is 2.92. The van der Waals surface area contributed by atoms with Gasteiger partial charge in [-0.1, -0.05) is 0 Å². The second kappa shape index (κ2) is 8.72. The molecule has 0 fully saturated rings. The highest BCUT2D eigenvalue weighted by molar-refractivity contribution is 5.36. The van der Waals surface area contributed by atoms with Crippen LogP contribution >= 0.6 is 0 Å². The standard InChI is InChI=1S/C11H20N4O2/c1-16-8-9-17-7-3-2-5-13-10-4-6-14-11(12)15-10/h4,6H,2-3,5,7-9H2,1H3,(H3,12,13,14,15). The quantitative estimate of drug-likeness (QED) is 0.624. The zero-order valence-electron chi connectivity index (χ0n) is 10.2. The summed E-state index contributed by atoms with van der Waals surface area (Å²) < 4.78 is 10.2. The number of rotatable bonds is 9. The Kier molecular flexibility index (Phi) is 7.01. The van der Waals surface area contributed by atoms with Gasteiger partial charge in [-0.15, -0.1) is 0 Å². The van der Waals surface area contributed by atoms with Crippen LogP contribution in [-0.4, -0.2) is 43.4 Å². The highest BCUT2D eigenvalue weighted by Gasteiger charge is 1.95. The van der Waals surface area contributed by atoms with E-state index in [-0.39, 0.29) is 5.95 Å². The molecule has 0 aliphatic heterocycles. The topological polar surface area (TPSA) is 82.3 Å². The second-order valence-corrected chi connectivity index (χ2v) is 3.54. The number of nitrogens with one attached hydrogen (secondary N) is 1. The van der Waals surface area contributed by atoms with E-state index in [1.54, 1.807) is 19.4 Å². The van der Waals surface area contributed by atoms with Crippen molar-refractivity contribution in [3.05, 3.63) is 12.3 Å². The minimum Gasteiger partial charge on any atom is -0.382 e. The van der Waals surface area contributed by atoms with E-state index >= 15 is 0 Å². The molecule has 1 aromatic rings. The third kappa shape index (κ3) is 6.70. The molecule has 1 heterocycles. The Morgan fingerprint density at radius 3 is 2.94 bits per heavy atom. The summed E-state index contributed by atoms with van der Waals surface area (Å²) in [6, 6.07) is 1.80. The lowest BCUT2D eigenvalue weighted by molar-refractivity contribution is 0.0691. The van der Waals surface area contributed by atoms with Crippen molar-refractivity contribution in [1.29, 1.82) is 0 Å². The van der Waals surface area contributed by atoms with Gasteiger partial charge in [-0.05, 0) is 18.9 Å². The van der Waals surface area contributed by atoms with Gasteiger partial charge in [-0.2, -0.15) is 4.98 Å². The maximum Gasteiger partial charge on any atom is 0.221 e. The molecule has 0 radical (unpaired) electrons. The summed E-state index contributed by atoms with van der Waals surface area (Å²) in [4.78, 5) is 7.86. The fourth-order valence-electron chi connectivity index (χ4n) is 1.26. The Morgan fingerprint density at radius 2 is 2.18 bits per heavy atom. The number of unbranched alkanes of at least 4 members (excludes halogenated alkanes) is 1. The van der Waals surface area contributed by atoms with Gasteiger partial charge in [-0.25, -0.2) is 4.98 Å². The Labute approximate surface area is 102 Å². The van der Waals surface area contributed by atoms with Crippen LogP contribution < -0.4 is 11.1 Å². The molecule has 1 aromatic heterocycles. The molecule has 0 amide bonds. The Morgan fingerprint density at radius 1 is 1.29 bits per heavy atom. The largest absolute Gasteiger partial charge is 0.382 e. The van der Waals surface area contributed by atoms with Gasteiger partial charge in [0.2, 0.25) is 5.95 Å². The average molecular weight is 240 g/mol. The molecule has 0 bridgehead atoms. The van der Waals surface area contributed by atoms with Crippen molar-refractivity contribution in [2.45, 2.75) is 12.8 Å². The number of nitrogen functional groups attached to an aromatic ring is 1. The minimum atomic E-state index is 0.290. The van der Waals surface area contributed by atoms with Crippen LogP contribution in [0, 0.1) is 0 Å². The number of ether oxygens (including phenoxy) is 2. The van der Waals surface area contributed by atoms with Crippen molar-refractivity contribution in [1.82, 2.24) is 9.97 Å². The van der Waals surface area contributed by atoms with Crippen molar-refractivity contribution in [3.8, 4) is 0 Å². The summed E-state index contributed by atoms with van der Waals surface area (Å²) in [5, 5.41) is 3.18. The zero-order valence-corrected chi connectivity index (χ0v) is 10.2. The first-order valence-electron chi connectivity index (χ1n) is 5.72. The monoisotopic (exact) mass is 240 g/mol. The molecule has 6 nitrogen and oxygen atoms in total. The third-order valence-corrected chi connectivity index (χ3v) is 2.13. The van der Waals surface area contributed by atoms with Crippen molar-refractivity contribution in [2.24, 2.45) is 0 Å². The van der Waals surface area contributed by atoms with Crippen LogP contribution in [0.25, 0.3) is 0 Å². The lowest BCUT2D eigenvalue weighted by atomic mass is 10.3. The molecule has 1 rings (SSSR count). The molecule has 0 spiro atoms. The van der Waals surface area contributed by atoms with Crippen LogP contribution in [0.15, 0.2) is 12.3 Å². The van der Waals surface area contributed by atoms with Crippen LogP contribution in [0.3, 0.4) is 0 Å². The molecule has 0 saturated carbocycles. The number of hydrogen-bond donors (Lipinski definition) is 2. The minimum absolute atomic E-state index is 0.290. The zero-order chi connectivity index (χ0) is 12.3. The summed E-state index contributed by atoms with van der Waals surface area (Å²) in [7, 11) is 1.67. The summed E-state index contributed by atoms with van der Waals surface area (Å²) >= 11 is 0. The Balaban J connectivity index is 1.97. The van der Waals surface area contributed by atoms with Gasteiger partial charge in [0.1, 0.15) is 5.82 Å². The smallest absolute Gasteiger partial charge is 0.221 e. The van der Waals surface area contributed by atoms with E-state index in [1.165, 1.54) is 0 Å². The van der Waals surface area contributed by atoms with Crippen molar-refractivity contribution < 1.29 is 9.47 Å².